The fourth-order valence-electron chi connectivity index (χ4n) is 4.74. The van der Waals surface area contributed by atoms with Crippen LogP contribution in [0, 0.1) is 0 Å². The second-order valence-electron chi connectivity index (χ2n) is 8.43. The molecule has 2 aliphatic rings. The van der Waals surface area contributed by atoms with Crippen LogP contribution in [0.4, 0.5) is 5.82 Å². The van der Waals surface area contributed by atoms with Crippen LogP contribution in [-0.4, -0.2) is 69.2 Å². The summed E-state index contributed by atoms with van der Waals surface area (Å²) in [6.07, 6.45) is 5.83. The van der Waals surface area contributed by atoms with Crippen LogP contribution in [0.5, 0.6) is 0 Å². The first-order valence-electron chi connectivity index (χ1n) is 11.2. The monoisotopic (exact) mass is 417 g/mol. The Hall–Kier alpha value is -2.97. The number of aromatic nitrogens is 5. The number of fused-ring (bicyclic) bond motifs is 2. The second kappa shape index (κ2) is 7.94. The molecular weight excluding hydrogens is 390 g/mol. The zero-order valence-electron chi connectivity index (χ0n) is 17.6. The van der Waals surface area contributed by atoms with Gasteiger partial charge in [-0.05, 0) is 38.1 Å². The summed E-state index contributed by atoms with van der Waals surface area (Å²) in [6.45, 7) is 6.17. The van der Waals surface area contributed by atoms with Crippen LogP contribution in [0.25, 0.3) is 33.5 Å². The number of anilines is 1. The zero-order chi connectivity index (χ0) is 20.6. The normalized spacial score (nSPS) is 18.3. The number of hydrogen-bond acceptors (Lipinski definition) is 6. The maximum absolute atomic E-state index is 5.58. The zero-order valence-corrected chi connectivity index (χ0v) is 17.6. The standard InChI is InChI=1S/C23H27N7O/c1-2-9-29(10-3-1)15-19-25-20-22(26-19)27-21(28-23(20)30-11-13-31-14-12-30)17-5-4-6-18-16(17)7-8-24-18/h4-8,24H,1-3,9-15H2,(H,25,26,27,28). The first-order chi connectivity index (χ1) is 15.3. The molecule has 2 fully saturated rings. The van der Waals surface area contributed by atoms with Gasteiger partial charge in [0.15, 0.2) is 17.3 Å². The molecule has 2 aliphatic heterocycles. The molecule has 0 radical (unpaired) electrons. The summed E-state index contributed by atoms with van der Waals surface area (Å²) in [5, 5.41) is 1.12. The molecule has 0 saturated carbocycles. The lowest BCUT2D eigenvalue weighted by Gasteiger charge is -2.28. The average Bonchev–Trinajstić information content (AvgIpc) is 3.46. The van der Waals surface area contributed by atoms with Gasteiger partial charge in [-0.25, -0.2) is 15.0 Å². The molecule has 1 aromatic carbocycles. The molecule has 4 aromatic rings. The molecule has 0 bridgehead atoms. The van der Waals surface area contributed by atoms with Crippen molar-refractivity contribution < 1.29 is 4.74 Å². The number of aromatic amines is 2. The molecule has 2 saturated heterocycles. The van der Waals surface area contributed by atoms with E-state index in [-0.39, 0.29) is 0 Å². The predicted molar refractivity (Wildman–Crippen MR) is 121 cm³/mol. The van der Waals surface area contributed by atoms with Gasteiger partial charge in [-0.2, -0.15) is 0 Å². The van der Waals surface area contributed by atoms with E-state index < -0.39 is 0 Å². The lowest BCUT2D eigenvalue weighted by Crippen LogP contribution is -2.37. The Bertz CT molecular complexity index is 1200. The first-order valence-corrected chi connectivity index (χ1v) is 11.2. The van der Waals surface area contributed by atoms with Crippen LogP contribution < -0.4 is 4.90 Å². The average molecular weight is 418 g/mol. The van der Waals surface area contributed by atoms with Crippen LogP contribution in [0.2, 0.25) is 0 Å². The molecule has 2 N–H and O–H groups in total. The van der Waals surface area contributed by atoms with E-state index in [4.69, 9.17) is 19.7 Å². The lowest BCUT2D eigenvalue weighted by atomic mass is 10.1. The summed E-state index contributed by atoms with van der Waals surface area (Å²) in [6, 6.07) is 8.29. The molecular formula is C23H27N7O. The van der Waals surface area contributed by atoms with Crippen molar-refractivity contribution in [2.45, 2.75) is 25.8 Å². The smallest absolute Gasteiger partial charge is 0.183 e. The van der Waals surface area contributed by atoms with Gasteiger partial charge in [0.05, 0.1) is 19.8 Å². The van der Waals surface area contributed by atoms with Crippen LogP contribution in [0.1, 0.15) is 25.1 Å². The number of likely N-dealkylation sites (tertiary alicyclic amines) is 1. The van der Waals surface area contributed by atoms with Gasteiger partial charge < -0.3 is 19.6 Å². The van der Waals surface area contributed by atoms with Gasteiger partial charge in [0.25, 0.3) is 0 Å². The van der Waals surface area contributed by atoms with E-state index >= 15 is 0 Å². The quantitative estimate of drug-likeness (QED) is 0.530. The highest BCUT2D eigenvalue weighted by Crippen LogP contribution is 2.31. The Morgan fingerprint density at radius 3 is 2.68 bits per heavy atom. The Labute approximate surface area is 180 Å². The fraction of sp³-hybridized carbons (Fsp3) is 0.435. The minimum Gasteiger partial charge on any atom is -0.378 e. The lowest BCUT2D eigenvalue weighted by molar-refractivity contribution is 0.122. The molecule has 8 heteroatoms. The largest absolute Gasteiger partial charge is 0.378 e. The van der Waals surface area contributed by atoms with Crippen molar-refractivity contribution in [3.8, 4) is 11.4 Å². The number of benzene rings is 1. The third kappa shape index (κ3) is 3.55. The SMILES string of the molecule is c1cc(-c2nc(N3CCOCC3)c3[nH]c(CN4CCCCC4)nc3n2)c2cc[nH]c2c1. The molecule has 0 amide bonds. The molecule has 160 valence electrons. The van der Waals surface area contributed by atoms with Gasteiger partial charge in [0.2, 0.25) is 0 Å². The molecule has 0 aliphatic carbocycles. The Balaban J connectivity index is 1.46. The van der Waals surface area contributed by atoms with E-state index in [0.29, 0.717) is 13.2 Å². The van der Waals surface area contributed by atoms with Crippen molar-refractivity contribution in [3.05, 3.63) is 36.3 Å². The Morgan fingerprint density at radius 2 is 1.81 bits per heavy atom. The van der Waals surface area contributed by atoms with Crippen molar-refractivity contribution in [1.82, 2.24) is 29.8 Å². The van der Waals surface area contributed by atoms with E-state index in [0.717, 1.165) is 77.8 Å². The fourth-order valence-corrected chi connectivity index (χ4v) is 4.74. The number of imidazole rings is 1. The van der Waals surface area contributed by atoms with Crippen molar-refractivity contribution in [2.75, 3.05) is 44.3 Å². The second-order valence-corrected chi connectivity index (χ2v) is 8.43. The summed E-state index contributed by atoms with van der Waals surface area (Å²) in [5.41, 5.74) is 3.78. The highest BCUT2D eigenvalue weighted by atomic mass is 16.5. The van der Waals surface area contributed by atoms with Crippen LogP contribution in [-0.2, 0) is 11.3 Å². The van der Waals surface area contributed by atoms with Gasteiger partial charge in [-0.15, -0.1) is 0 Å². The third-order valence-corrected chi connectivity index (χ3v) is 6.35. The first kappa shape index (κ1) is 18.8. The molecule has 5 heterocycles. The highest BCUT2D eigenvalue weighted by Gasteiger charge is 2.22. The topological polar surface area (TPSA) is 86.0 Å². The summed E-state index contributed by atoms with van der Waals surface area (Å²) in [4.78, 5) is 26.5. The Kier molecular flexibility index (Phi) is 4.81. The maximum atomic E-state index is 5.58. The molecule has 0 atom stereocenters. The van der Waals surface area contributed by atoms with E-state index in [1.54, 1.807) is 0 Å². The van der Waals surface area contributed by atoms with Crippen molar-refractivity contribution >= 4 is 27.9 Å². The highest BCUT2D eigenvalue weighted by molar-refractivity contribution is 5.95. The summed E-state index contributed by atoms with van der Waals surface area (Å²) in [5.74, 6) is 2.61. The molecule has 3 aromatic heterocycles. The van der Waals surface area contributed by atoms with Gasteiger partial charge in [0, 0.05) is 35.8 Å². The van der Waals surface area contributed by atoms with Gasteiger partial charge in [0.1, 0.15) is 11.3 Å². The van der Waals surface area contributed by atoms with E-state index in [1.807, 2.05) is 12.3 Å². The number of morpholine rings is 1. The van der Waals surface area contributed by atoms with Crippen molar-refractivity contribution in [1.29, 1.82) is 0 Å². The van der Waals surface area contributed by atoms with E-state index in [2.05, 4.69) is 38.0 Å². The molecule has 6 rings (SSSR count). The number of nitrogens with zero attached hydrogens (tertiary/aromatic N) is 5. The predicted octanol–water partition coefficient (Wildman–Crippen LogP) is 3.32. The van der Waals surface area contributed by atoms with Gasteiger partial charge in [-0.1, -0.05) is 18.6 Å². The number of ether oxygens (including phenoxy) is 1. The van der Waals surface area contributed by atoms with E-state index in [9.17, 15) is 0 Å². The van der Waals surface area contributed by atoms with E-state index in [1.165, 1.54) is 19.3 Å². The number of piperidine rings is 1. The maximum Gasteiger partial charge on any atom is 0.183 e. The number of H-pyrrole nitrogens is 2. The van der Waals surface area contributed by atoms with Crippen LogP contribution >= 0.6 is 0 Å². The van der Waals surface area contributed by atoms with Crippen LogP contribution in [0.15, 0.2) is 30.5 Å². The van der Waals surface area contributed by atoms with Crippen LogP contribution in [0.3, 0.4) is 0 Å². The summed E-state index contributed by atoms with van der Waals surface area (Å²) < 4.78 is 5.58. The molecule has 31 heavy (non-hydrogen) atoms. The number of nitrogens with one attached hydrogen (secondary N) is 2. The molecule has 8 nitrogen and oxygen atoms in total. The Morgan fingerprint density at radius 1 is 0.935 bits per heavy atom. The summed E-state index contributed by atoms with van der Waals surface area (Å²) in [7, 11) is 0. The minimum absolute atomic E-state index is 0.711. The van der Waals surface area contributed by atoms with Crippen molar-refractivity contribution in [2.24, 2.45) is 0 Å². The molecule has 0 unspecified atom stereocenters. The van der Waals surface area contributed by atoms with Crippen molar-refractivity contribution in [3.63, 3.8) is 0 Å². The number of hydrogen-bond donors (Lipinski definition) is 2. The third-order valence-electron chi connectivity index (χ3n) is 6.35. The minimum atomic E-state index is 0.711. The number of rotatable bonds is 4. The molecule has 0 spiro atoms. The van der Waals surface area contributed by atoms with Gasteiger partial charge in [-0.3, -0.25) is 4.90 Å². The van der Waals surface area contributed by atoms with Gasteiger partial charge >= 0.3 is 0 Å². The summed E-state index contributed by atoms with van der Waals surface area (Å²) >= 11 is 0.